The Labute approximate surface area is 170 Å². The van der Waals surface area contributed by atoms with Gasteiger partial charge in [0, 0.05) is 24.2 Å². The highest BCUT2D eigenvalue weighted by Gasteiger charge is 2.27. The highest BCUT2D eigenvalue weighted by molar-refractivity contribution is 5.59. The molecule has 30 heavy (non-hydrogen) atoms. The van der Waals surface area contributed by atoms with Gasteiger partial charge in [-0.25, -0.2) is 13.8 Å². The highest BCUT2D eigenvalue weighted by atomic mass is 19.3. The summed E-state index contributed by atoms with van der Waals surface area (Å²) in [6.07, 6.45) is 0. The van der Waals surface area contributed by atoms with Gasteiger partial charge in [0.15, 0.2) is 5.82 Å². The lowest BCUT2D eigenvalue weighted by Gasteiger charge is -2.21. The lowest BCUT2D eigenvalue weighted by atomic mass is 10.1. The molecule has 0 spiro atoms. The Morgan fingerprint density at radius 1 is 0.800 bits per heavy atom. The van der Waals surface area contributed by atoms with E-state index in [1.807, 2.05) is 20.8 Å². The molecule has 0 saturated heterocycles. The van der Waals surface area contributed by atoms with Crippen molar-refractivity contribution in [3.8, 4) is 11.5 Å². The normalized spacial score (nSPS) is 12.0. The van der Waals surface area contributed by atoms with Crippen LogP contribution in [0.15, 0.2) is 36.4 Å². The van der Waals surface area contributed by atoms with Gasteiger partial charge in [-0.1, -0.05) is 6.07 Å². The van der Waals surface area contributed by atoms with Gasteiger partial charge in [0.2, 0.25) is 11.9 Å². The van der Waals surface area contributed by atoms with E-state index in [1.165, 1.54) is 18.2 Å². The maximum Gasteiger partial charge on any atom is 0.286 e. The van der Waals surface area contributed by atoms with Crippen LogP contribution in [0.25, 0.3) is 11.5 Å². The molecular formula is C20H20F4N6. The number of pyridine rings is 1. The third kappa shape index (κ3) is 5.62. The van der Waals surface area contributed by atoms with Crippen LogP contribution in [0, 0.1) is 11.6 Å². The zero-order valence-electron chi connectivity index (χ0n) is 16.8. The fourth-order valence-corrected chi connectivity index (χ4v) is 2.50. The lowest BCUT2D eigenvalue weighted by Crippen LogP contribution is -2.27. The van der Waals surface area contributed by atoms with Crippen molar-refractivity contribution < 1.29 is 17.6 Å². The van der Waals surface area contributed by atoms with Crippen LogP contribution >= 0.6 is 0 Å². The summed E-state index contributed by atoms with van der Waals surface area (Å²) in [5.41, 5.74) is -0.686. The second-order valence-electron chi connectivity index (χ2n) is 7.76. The maximum atomic E-state index is 13.7. The van der Waals surface area contributed by atoms with Crippen molar-refractivity contribution in [2.45, 2.75) is 39.2 Å². The van der Waals surface area contributed by atoms with Crippen molar-refractivity contribution >= 4 is 17.6 Å². The van der Waals surface area contributed by atoms with Crippen LogP contribution in [0.5, 0.6) is 0 Å². The Bertz CT molecular complexity index is 1040. The number of nitrogens with zero attached hydrogens (tertiary/aromatic N) is 4. The molecule has 0 saturated carbocycles. The van der Waals surface area contributed by atoms with Crippen molar-refractivity contribution in [3.05, 3.63) is 53.7 Å². The number of rotatable bonds is 5. The van der Waals surface area contributed by atoms with Gasteiger partial charge in [-0.2, -0.15) is 23.7 Å². The molecule has 0 aliphatic carbocycles. The molecule has 2 N–H and O–H groups in total. The quantitative estimate of drug-likeness (QED) is 0.547. The van der Waals surface area contributed by atoms with Gasteiger partial charge < -0.3 is 10.6 Å². The van der Waals surface area contributed by atoms with Crippen molar-refractivity contribution in [2.75, 3.05) is 10.6 Å². The molecule has 3 aromatic rings. The SMILES string of the molecule is CC(C)(C)Nc1nc(Nc2cc(F)cc(F)c2)nc(-c2cccc(C(C)(F)F)n2)n1. The van der Waals surface area contributed by atoms with Crippen molar-refractivity contribution in [1.82, 2.24) is 19.9 Å². The third-order valence-corrected chi connectivity index (χ3v) is 3.67. The van der Waals surface area contributed by atoms with Gasteiger partial charge in [-0.05, 0) is 45.0 Å². The Morgan fingerprint density at radius 3 is 2.03 bits per heavy atom. The summed E-state index contributed by atoms with van der Waals surface area (Å²) in [7, 11) is 0. The molecular weight excluding hydrogens is 400 g/mol. The van der Waals surface area contributed by atoms with Gasteiger partial charge in [0.25, 0.3) is 5.92 Å². The Balaban J connectivity index is 2.06. The minimum Gasteiger partial charge on any atom is -0.349 e. The van der Waals surface area contributed by atoms with Crippen LogP contribution in [-0.4, -0.2) is 25.5 Å². The minimum atomic E-state index is -3.14. The van der Waals surface area contributed by atoms with Crippen molar-refractivity contribution in [2.24, 2.45) is 0 Å². The summed E-state index contributed by atoms with van der Waals surface area (Å²) < 4.78 is 54.4. The van der Waals surface area contributed by atoms with E-state index < -0.39 is 28.8 Å². The number of benzene rings is 1. The molecule has 0 atom stereocenters. The van der Waals surface area contributed by atoms with Crippen molar-refractivity contribution in [1.29, 1.82) is 0 Å². The van der Waals surface area contributed by atoms with Gasteiger partial charge in [-0.15, -0.1) is 0 Å². The first kappa shape index (κ1) is 21.4. The minimum absolute atomic E-state index is 0.0159. The summed E-state index contributed by atoms with van der Waals surface area (Å²) in [6.45, 7) is 6.37. The molecule has 0 aliphatic heterocycles. The average Bonchev–Trinajstić information content (AvgIpc) is 2.58. The first-order chi connectivity index (χ1) is 13.9. The topological polar surface area (TPSA) is 75.6 Å². The van der Waals surface area contributed by atoms with Crippen LogP contribution in [0.1, 0.15) is 33.4 Å². The Morgan fingerprint density at radius 2 is 1.43 bits per heavy atom. The Hall–Kier alpha value is -3.30. The lowest BCUT2D eigenvalue weighted by molar-refractivity contribution is 0.0129. The van der Waals surface area contributed by atoms with Crippen LogP contribution in [0.4, 0.5) is 35.1 Å². The summed E-state index contributed by atoms with van der Waals surface area (Å²) >= 11 is 0. The van der Waals surface area contributed by atoms with Crippen LogP contribution in [0.2, 0.25) is 0 Å². The molecule has 0 bridgehead atoms. The number of hydrogen-bond acceptors (Lipinski definition) is 6. The maximum absolute atomic E-state index is 13.7. The predicted octanol–water partition coefficient (Wildman–Crippen LogP) is 5.28. The molecule has 10 heteroatoms. The number of hydrogen-bond donors (Lipinski definition) is 2. The summed E-state index contributed by atoms with van der Waals surface area (Å²) in [6, 6.07) is 6.98. The fourth-order valence-electron chi connectivity index (χ4n) is 2.50. The van der Waals surface area contributed by atoms with E-state index in [1.54, 1.807) is 0 Å². The fraction of sp³-hybridized carbons (Fsp3) is 0.300. The zero-order chi connectivity index (χ0) is 22.1. The van der Waals surface area contributed by atoms with Gasteiger partial charge in [0.05, 0.1) is 0 Å². The molecule has 0 fully saturated rings. The predicted molar refractivity (Wildman–Crippen MR) is 106 cm³/mol. The van der Waals surface area contributed by atoms with Crippen LogP contribution in [-0.2, 0) is 5.92 Å². The van der Waals surface area contributed by atoms with E-state index in [9.17, 15) is 17.6 Å². The summed E-state index contributed by atoms with van der Waals surface area (Å²) in [4.78, 5) is 16.6. The number of nitrogens with one attached hydrogen (secondary N) is 2. The number of halogens is 4. The molecule has 2 heterocycles. The third-order valence-electron chi connectivity index (χ3n) is 3.67. The molecule has 2 aromatic heterocycles. The van der Waals surface area contributed by atoms with E-state index in [2.05, 4.69) is 30.6 Å². The molecule has 0 unspecified atom stereocenters. The largest absolute Gasteiger partial charge is 0.349 e. The highest BCUT2D eigenvalue weighted by Crippen LogP contribution is 2.27. The van der Waals surface area contributed by atoms with Crippen molar-refractivity contribution in [3.63, 3.8) is 0 Å². The first-order valence-electron chi connectivity index (χ1n) is 9.02. The zero-order valence-corrected chi connectivity index (χ0v) is 16.8. The first-order valence-corrected chi connectivity index (χ1v) is 9.02. The second kappa shape index (κ2) is 7.85. The summed E-state index contributed by atoms with van der Waals surface area (Å²) in [5, 5.41) is 5.77. The van der Waals surface area contributed by atoms with E-state index in [0.717, 1.165) is 25.1 Å². The monoisotopic (exact) mass is 420 g/mol. The molecule has 158 valence electrons. The average molecular weight is 420 g/mol. The van der Waals surface area contributed by atoms with E-state index in [-0.39, 0.29) is 29.1 Å². The molecule has 0 radical (unpaired) electrons. The molecule has 0 amide bonds. The Kier molecular flexibility index (Phi) is 5.60. The number of aromatic nitrogens is 4. The van der Waals surface area contributed by atoms with Crippen LogP contribution in [0.3, 0.4) is 0 Å². The van der Waals surface area contributed by atoms with E-state index in [4.69, 9.17) is 0 Å². The van der Waals surface area contributed by atoms with E-state index >= 15 is 0 Å². The van der Waals surface area contributed by atoms with E-state index in [0.29, 0.717) is 0 Å². The molecule has 1 aromatic carbocycles. The van der Waals surface area contributed by atoms with Gasteiger partial charge >= 0.3 is 0 Å². The second-order valence-corrected chi connectivity index (χ2v) is 7.76. The summed E-state index contributed by atoms with van der Waals surface area (Å²) in [5.74, 6) is -4.58. The smallest absolute Gasteiger partial charge is 0.286 e. The standard InChI is InChI=1S/C20H20F4N6/c1-19(2,3)30-18-28-16(14-6-5-7-15(26-14)20(4,23)24)27-17(29-18)25-13-9-11(21)8-12(22)10-13/h5-10H,1-4H3,(H2,25,27,28,29,30). The van der Waals surface area contributed by atoms with Gasteiger partial charge in [0.1, 0.15) is 23.0 Å². The number of anilines is 3. The molecule has 3 rings (SSSR count). The molecule has 6 nitrogen and oxygen atoms in total. The molecule has 0 aliphatic rings. The van der Waals surface area contributed by atoms with Gasteiger partial charge in [-0.3, -0.25) is 0 Å². The van der Waals surface area contributed by atoms with Crippen LogP contribution < -0.4 is 10.6 Å². The number of alkyl halides is 2.